The summed E-state index contributed by atoms with van der Waals surface area (Å²) in [5.41, 5.74) is 0.0322. The number of hydrogen-bond donors (Lipinski definition) is 2. The summed E-state index contributed by atoms with van der Waals surface area (Å²) >= 11 is 1.98. The van der Waals surface area contributed by atoms with Gasteiger partial charge in [0.15, 0.2) is 5.96 Å². The van der Waals surface area contributed by atoms with Crippen molar-refractivity contribution in [3.8, 4) is 0 Å². The molecule has 26 heavy (non-hydrogen) atoms. The molecule has 3 fully saturated rings. The maximum Gasteiger partial charge on any atom is 0.243 e. The zero-order chi connectivity index (χ0) is 18.4. The summed E-state index contributed by atoms with van der Waals surface area (Å²) in [6, 6.07) is 0.336. The van der Waals surface area contributed by atoms with E-state index in [0.29, 0.717) is 12.0 Å². The summed E-state index contributed by atoms with van der Waals surface area (Å²) in [6.45, 7) is 3.42. The Morgan fingerprint density at radius 2 is 2.23 bits per heavy atom. The second kappa shape index (κ2) is 9.28. The van der Waals surface area contributed by atoms with E-state index in [9.17, 15) is 4.79 Å². The van der Waals surface area contributed by atoms with Gasteiger partial charge in [-0.05, 0) is 31.4 Å². The van der Waals surface area contributed by atoms with Gasteiger partial charge in [-0.15, -0.1) is 0 Å². The molecule has 3 aliphatic heterocycles. The Balaban J connectivity index is 1.57. The van der Waals surface area contributed by atoms with Crippen LogP contribution in [0.1, 0.15) is 25.7 Å². The van der Waals surface area contributed by atoms with Crippen LogP contribution in [0, 0.1) is 5.92 Å². The number of aliphatic imine (C=N–C) groups is 1. The normalized spacial score (nSPS) is 32.0. The molecule has 2 N–H and O–H groups in total. The van der Waals surface area contributed by atoms with Gasteiger partial charge in [-0.1, -0.05) is 0 Å². The lowest BCUT2D eigenvalue weighted by Crippen LogP contribution is -2.52. The van der Waals surface area contributed by atoms with Gasteiger partial charge >= 0.3 is 0 Å². The van der Waals surface area contributed by atoms with Crippen molar-refractivity contribution < 1.29 is 14.3 Å². The second-order valence-corrected chi connectivity index (χ2v) is 8.84. The van der Waals surface area contributed by atoms with Crippen LogP contribution in [0.15, 0.2) is 4.99 Å². The molecule has 1 amide bonds. The van der Waals surface area contributed by atoms with Crippen molar-refractivity contribution in [2.45, 2.75) is 37.3 Å². The van der Waals surface area contributed by atoms with E-state index < -0.39 is 0 Å². The van der Waals surface area contributed by atoms with Crippen LogP contribution < -0.4 is 10.6 Å². The summed E-state index contributed by atoms with van der Waals surface area (Å²) in [5.74, 6) is 3.53. The first-order valence-electron chi connectivity index (χ1n) is 9.61. The molecule has 0 radical (unpaired) electrons. The molecule has 3 rings (SSSR count). The summed E-state index contributed by atoms with van der Waals surface area (Å²) in [4.78, 5) is 18.0. The van der Waals surface area contributed by atoms with Crippen LogP contribution in [0.3, 0.4) is 0 Å². The van der Waals surface area contributed by atoms with E-state index in [-0.39, 0.29) is 18.1 Å². The highest BCUT2D eigenvalue weighted by Crippen LogP contribution is 2.38. The number of guanidine groups is 1. The van der Waals surface area contributed by atoms with E-state index in [2.05, 4.69) is 15.6 Å². The van der Waals surface area contributed by atoms with Crippen molar-refractivity contribution in [2.75, 3.05) is 58.5 Å². The van der Waals surface area contributed by atoms with Gasteiger partial charge in [0, 0.05) is 51.6 Å². The van der Waals surface area contributed by atoms with Crippen molar-refractivity contribution >= 4 is 23.6 Å². The van der Waals surface area contributed by atoms with Crippen LogP contribution >= 0.6 is 11.8 Å². The van der Waals surface area contributed by atoms with Crippen molar-refractivity contribution in [3.63, 3.8) is 0 Å². The average molecular weight is 385 g/mol. The zero-order valence-electron chi connectivity index (χ0n) is 16.0. The molecular formula is C18H32N4O3S. The summed E-state index contributed by atoms with van der Waals surface area (Å²) in [6.07, 6.45) is 4.19. The Bertz CT molecular complexity index is 503. The number of carbonyl (C=O) groups is 1. The molecule has 0 aromatic heterocycles. The van der Waals surface area contributed by atoms with Gasteiger partial charge < -0.3 is 25.0 Å². The van der Waals surface area contributed by atoms with E-state index in [1.165, 1.54) is 5.75 Å². The molecule has 0 aromatic carbocycles. The Labute approximate surface area is 160 Å². The molecule has 8 heteroatoms. The van der Waals surface area contributed by atoms with Crippen molar-refractivity contribution in [1.29, 1.82) is 0 Å². The topological polar surface area (TPSA) is 75.2 Å². The van der Waals surface area contributed by atoms with Crippen LogP contribution in [-0.4, -0.2) is 86.9 Å². The Hall–Kier alpha value is -0.990. The van der Waals surface area contributed by atoms with Crippen molar-refractivity contribution in [1.82, 2.24) is 15.5 Å². The second-order valence-electron chi connectivity index (χ2n) is 7.73. The highest BCUT2D eigenvalue weighted by Gasteiger charge is 2.40. The van der Waals surface area contributed by atoms with Gasteiger partial charge in [-0.3, -0.25) is 4.79 Å². The van der Waals surface area contributed by atoms with Gasteiger partial charge in [0.05, 0.1) is 12.2 Å². The fraction of sp³-hybridized carbons (Fsp3) is 0.889. The molecule has 0 bridgehead atoms. The quantitative estimate of drug-likeness (QED) is 0.537. The van der Waals surface area contributed by atoms with Crippen LogP contribution in [-0.2, 0) is 14.3 Å². The number of ether oxygens (including phenoxy) is 2. The maximum atomic E-state index is 11.9. The van der Waals surface area contributed by atoms with E-state index >= 15 is 0 Å². The first-order valence-corrected chi connectivity index (χ1v) is 10.8. The minimum Gasteiger partial charge on any atom is -0.381 e. The molecule has 0 saturated carbocycles. The van der Waals surface area contributed by atoms with Crippen LogP contribution in [0.25, 0.3) is 0 Å². The number of thioether (sulfide) groups is 1. The number of hydrogen-bond acceptors (Lipinski definition) is 5. The highest BCUT2D eigenvalue weighted by molar-refractivity contribution is 7.99. The number of rotatable bonds is 5. The molecule has 3 unspecified atom stereocenters. The molecule has 0 aromatic rings. The van der Waals surface area contributed by atoms with Gasteiger partial charge in [0.25, 0.3) is 0 Å². The van der Waals surface area contributed by atoms with E-state index in [0.717, 1.165) is 63.8 Å². The lowest BCUT2D eigenvalue weighted by atomic mass is 9.90. The third-order valence-corrected chi connectivity index (χ3v) is 6.58. The third kappa shape index (κ3) is 5.50. The average Bonchev–Trinajstić information content (AvgIpc) is 3.29. The lowest BCUT2D eigenvalue weighted by Gasteiger charge is -2.38. The smallest absolute Gasteiger partial charge is 0.243 e. The van der Waals surface area contributed by atoms with Crippen molar-refractivity contribution in [3.05, 3.63) is 0 Å². The molecule has 3 aliphatic rings. The van der Waals surface area contributed by atoms with Gasteiger partial charge in [-0.25, -0.2) is 4.99 Å². The van der Waals surface area contributed by atoms with E-state index in [4.69, 9.17) is 9.47 Å². The first kappa shape index (κ1) is 19.8. The van der Waals surface area contributed by atoms with Crippen LogP contribution in [0.5, 0.6) is 0 Å². The Kier molecular flexibility index (Phi) is 7.05. The Morgan fingerprint density at radius 1 is 1.35 bits per heavy atom. The molecular weight excluding hydrogens is 352 g/mol. The number of nitrogens with zero attached hydrogens (tertiary/aromatic N) is 2. The molecule has 1 spiro atoms. The van der Waals surface area contributed by atoms with Crippen LogP contribution in [0.2, 0.25) is 0 Å². The Morgan fingerprint density at radius 3 is 2.92 bits per heavy atom. The molecule has 148 valence electrons. The zero-order valence-corrected chi connectivity index (χ0v) is 16.8. The van der Waals surface area contributed by atoms with E-state index in [1.54, 1.807) is 19.0 Å². The predicted molar refractivity (Wildman–Crippen MR) is 105 cm³/mol. The van der Waals surface area contributed by atoms with Gasteiger partial charge in [0.2, 0.25) is 5.91 Å². The molecule has 0 aliphatic carbocycles. The fourth-order valence-corrected chi connectivity index (χ4v) is 5.01. The number of amides is 1. The predicted octanol–water partition coefficient (Wildman–Crippen LogP) is 0.701. The van der Waals surface area contributed by atoms with Gasteiger partial charge in [0.1, 0.15) is 6.54 Å². The van der Waals surface area contributed by atoms with Crippen LogP contribution in [0.4, 0.5) is 0 Å². The standard InChI is InChI=1S/C18H32N4O3S/c1-22(2)16(23)11-20-17(19-10-14-3-6-24-12-14)21-15-4-7-25-18(9-15)5-8-26-13-18/h14-15H,3-13H2,1-2H3,(H2,19,20,21). The summed E-state index contributed by atoms with van der Waals surface area (Å²) in [7, 11) is 3.52. The lowest BCUT2D eigenvalue weighted by molar-refractivity contribution is -0.127. The van der Waals surface area contributed by atoms with E-state index in [1.807, 2.05) is 11.8 Å². The number of nitrogens with one attached hydrogen (secondary N) is 2. The summed E-state index contributed by atoms with van der Waals surface area (Å²) < 4.78 is 11.6. The van der Waals surface area contributed by atoms with Crippen molar-refractivity contribution in [2.24, 2.45) is 10.9 Å². The molecule has 3 saturated heterocycles. The highest BCUT2D eigenvalue weighted by atomic mass is 32.2. The molecule has 3 heterocycles. The van der Waals surface area contributed by atoms with Gasteiger partial charge in [-0.2, -0.15) is 11.8 Å². The first-order chi connectivity index (χ1) is 12.6. The minimum atomic E-state index is 0.00550. The summed E-state index contributed by atoms with van der Waals surface area (Å²) in [5, 5.41) is 6.99. The number of carbonyl (C=O) groups excluding carboxylic acids is 1. The minimum absolute atomic E-state index is 0.00550. The SMILES string of the molecule is CN(C)C(=O)CN=C(NCC1CCOC1)NC1CCOC2(CCSC2)C1. The maximum absolute atomic E-state index is 11.9. The monoisotopic (exact) mass is 384 g/mol. The number of likely N-dealkylation sites (N-methyl/N-ethyl adjacent to an activating group) is 1. The largest absolute Gasteiger partial charge is 0.381 e. The molecule has 7 nitrogen and oxygen atoms in total. The fourth-order valence-electron chi connectivity index (χ4n) is 3.63. The molecule has 3 atom stereocenters. The third-order valence-electron chi connectivity index (χ3n) is 5.35.